The monoisotopic (exact) mass is 395 g/mol. The lowest BCUT2D eigenvalue weighted by molar-refractivity contribution is 0.0778. The fourth-order valence-electron chi connectivity index (χ4n) is 3.76. The number of hydrogen-bond acceptors (Lipinski definition) is 3. The summed E-state index contributed by atoms with van der Waals surface area (Å²) in [5.74, 6) is -0.579. The second-order valence-corrected chi connectivity index (χ2v) is 7.47. The van der Waals surface area contributed by atoms with Gasteiger partial charge in [-0.2, -0.15) is 5.10 Å². The number of benzene rings is 1. The zero-order valence-electron chi connectivity index (χ0n) is 12.7. The van der Waals surface area contributed by atoms with Crippen LogP contribution in [-0.2, 0) is 0 Å². The van der Waals surface area contributed by atoms with Crippen molar-refractivity contribution in [3.63, 3.8) is 0 Å². The van der Waals surface area contributed by atoms with E-state index >= 15 is 0 Å². The molecule has 2 aromatic rings. The molecule has 1 aromatic heterocycles. The van der Waals surface area contributed by atoms with Gasteiger partial charge in [0.1, 0.15) is 5.82 Å². The van der Waals surface area contributed by atoms with Crippen LogP contribution in [0.5, 0.6) is 0 Å². The number of aromatic nitrogens is 2. The van der Waals surface area contributed by atoms with Crippen molar-refractivity contribution < 1.29 is 14.3 Å². The van der Waals surface area contributed by atoms with Crippen LogP contribution < -0.4 is 5.56 Å². The molecule has 1 aliphatic carbocycles. The van der Waals surface area contributed by atoms with Gasteiger partial charge in [0.2, 0.25) is 0 Å². The summed E-state index contributed by atoms with van der Waals surface area (Å²) >= 11 is 3.21. The van der Waals surface area contributed by atoms with Crippen LogP contribution in [-0.4, -0.2) is 38.0 Å². The molecule has 1 aliphatic heterocycles. The third-order valence-corrected chi connectivity index (χ3v) is 5.56. The number of fused-ring (bicyclic) bond motifs is 1. The number of piperidine rings is 1. The third kappa shape index (κ3) is 2.31. The minimum Gasteiger partial charge on any atom is -0.465 e. The Labute approximate surface area is 145 Å². The Balaban J connectivity index is 1.75. The second-order valence-electron chi connectivity index (χ2n) is 6.55. The van der Waals surface area contributed by atoms with E-state index in [0.29, 0.717) is 29.2 Å². The van der Waals surface area contributed by atoms with Crippen molar-refractivity contribution in [2.75, 3.05) is 6.54 Å². The number of carboxylic acid groups (broad SMARTS) is 1. The Morgan fingerprint density at radius 2 is 2.17 bits per heavy atom. The highest BCUT2D eigenvalue weighted by Crippen LogP contribution is 2.50. The van der Waals surface area contributed by atoms with E-state index < -0.39 is 17.5 Å². The number of amides is 1. The molecule has 1 atom stereocenters. The van der Waals surface area contributed by atoms with E-state index in [-0.39, 0.29) is 17.0 Å². The fraction of sp³-hybridized carbons (Fsp3) is 0.438. The predicted molar refractivity (Wildman–Crippen MR) is 88.6 cm³/mol. The van der Waals surface area contributed by atoms with Gasteiger partial charge in [-0.25, -0.2) is 13.9 Å². The Morgan fingerprint density at radius 1 is 1.42 bits per heavy atom. The van der Waals surface area contributed by atoms with Crippen molar-refractivity contribution in [1.82, 2.24) is 14.7 Å². The summed E-state index contributed by atoms with van der Waals surface area (Å²) in [5.41, 5.74) is -0.828. The Kier molecular flexibility index (Phi) is 3.42. The summed E-state index contributed by atoms with van der Waals surface area (Å²) in [5, 5.41) is 14.0. The van der Waals surface area contributed by atoms with Crippen molar-refractivity contribution >= 4 is 32.8 Å². The molecule has 2 aliphatic rings. The molecular formula is C16H15BrFN3O3. The highest BCUT2D eigenvalue weighted by Gasteiger charge is 2.54. The van der Waals surface area contributed by atoms with Crippen LogP contribution in [0.25, 0.3) is 10.8 Å². The van der Waals surface area contributed by atoms with E-state index in [1.807, 2.05) is 0 Å². The zero-order valence-corrected chi connectivity index (χ0v) is 14.3. The lowest BCUT2D eigenvalue weighted by Crippen LogP contribution is -2.49. The highest BCUT2D eigenvalue weighted by molar-refractivity contribution is 9.10. The third-order valence-electron chi connectivity index (χ3n) is 5.11. The number of halogens is 2. The molecule has 1 unspecified atom stereocenters. The molecule has 1 spiro atoms. The summed E-state index contributed by atoms with van der Waals surface area (Å²) in [4.78, 5) is 25.6. The zero-order chi connectivity index (χ0) is 17.1. The van der Waals surface area contributed by atoms with Gasteiger partial charge in [0.15, 0.2) is 0 Å². The molecule has 1 aromatic carbocycles. The van der Waals surface area contributed by atoms with Crippen molar-refractivity contribution in [1.29, 1.82) is 0 Å². The molecule has 1 N–H and O–H groups in total. The summed E-state index contributed by atoms with van der Waals surface area (Å²) in [6.45, 7) is 0.370. The maximum atomic E-state index is 14.2. The van der Waals surface area contributed by atoms with Gasteiger partial charge in [-0.15, -0.1) is 0 Å². The average molecular weight is 396 g/mol. The van der Waals surface area contributed by atoms with E-state index in [0.717, 1.165) is 12.8 Å². The molecule has 1 amide bonds. The van der Waals surface area contributed by atoms with Crippen LogP contribution >= 0.6 is 15.9 Å². The second kappa shape index (κ2) is 5.27. The molecule has 1 saturated heterocycles. The van der Waals surface area contributed by atoms with E-state index in [4.69, 9.17) is 0 Å². The van der Waals surface area contributed by atoms with Crippen molar-refractivity contribution in [2.24, 2.45) is 0 Å². The first-order valence-electron chi connectivity index (χ1n) is 7.78. The Bertz CT molecular complexity index is 909. The van der Waals surface area contributed by atoms with Gasteiger partial charge < -0.3 is 10.0 Å². The SMILES string of the molecule is O=C(O)N1CCC(n2ncc3cc(Br)cc(F)c3c2=O)CC12CC2. The molecular weight excluding hydrogens is 381 g/mol. The summed E-state index contributed by atoms with van der Waals surface area (Å²) in [7, 11) is 0. The van der Waals surface area contributed by atoms with Crippen LogP contribution in [0.2, 0.25) is 0 Å². The van der Waals surface area contributed by atoms with E-state index in [1.165, 1.54) is 21.8 Å². The van der Waals surface area contributed by atoms with Gasteiger partial charge in [-0.3, -0.25) is 4.79 Å². The standard InChI is InChI=1S/C16H15BrFN3O3/c17-10-5-9-8-19-21(14(22)13(9)12(18)6-10)11-1-4-20(15(23)24)16(7-11)2-3-16/h5-6,8,11H,1-4,7H2,(H,23,24). The molecule has 0 radical (unpaired) electrons. The molecule has 0 bridgehead atoms. The summed E-state index contributed by atoms with van der Waals surface area (Å²) in [6.07, 6.45) is 3.24. The smallest absolute Gasteiger partial charge is 0.407 e. The van der Waals surface area contributed by atoms with Gasteiger partial charge >= 0.3 is 6.09 Å². The highest BCUT2D eigenvalue weighted by atomic mass is 79.9. The first-order valence-corrected chi connectivity index (χ1v) is 8.58. The van der Waals surface area contributed by atoms with Crippen LogP contribution in [0, 0.1) is 5.82 Å². The summed E-state index contributed by atoms with van der Waals surface area (Å²) < 4.78 is 16.1. The number of carbonyl (C=O) groups is 1. The van der Waals surface area contributed by atoms with Gasteiger partial charge in [-0.05, 0) is 37.8 Å². The molecule has 1 saturated carbocycles. The normalized spacial score (nSPS) is 22.1. The molecule has 2 heterocycles. The first kappa shape index (κ1) is 15.6. The quantitative estimate of drug-likeness (QED) is 0.804. The van der Waals surface area contributed by atoms with E-state index in [2.05, 4.69) is 21.0 Å². The number of nitrogens with zero attached hydrogens (tertiary/aromatic N) is 3. The largest absolute Gasteiger partial charge is 0.465 e. The molecule has 24 heavy (non-hydrogen) atoms. The molecule has 4 rings (SSSR count). The van der Waals surface area contributed by atoms with Crippen molar-refractivity contribution in [3.05, 3.63) is 39.0 Å². The lowest BCUT2D eigenvalue weighted by atomic mass is 9.95. The lowest BCUT2D eigenvalue weighted by Gasteiger charge is -2.38. The molecule has 126 valence electrons. The minimum absolute atomic E-state index is 0.0266. The molecule has 8 heteroatoms. The fourth-order valence-corrected chi connectivity index (χ4v) is 4.21. The van der Waals surface area contributed by atoms with Crippen LogP contribution in [0.1, 0.15) is 31.7 Å². The van der Waals surface area contributed by atoms with Gasteiger partial charge in [0, 0.05) is 21.9 Å². The maximum absolute atomic E-state index is 14.2. The van der Waals surface area contributed by atoms with E-state index in [1.54, 1.807) is 6.07 Å². The summed E-state index contributed by atoms with van der Waals surface area (Å²) in [6, 6.07) is 2.72. The Hall–Kier alpha value is -1.96. The predicted octanol–water partition coefficient (Wildman–Crippen LogP) is 3.15. The van der Waals surface area contributed by atoms with Crippen LogP contribution in [0.4, 0.5) is 9.18 Å². The number of rotatable bonds is 1. The number of hydrogen-bond donors (Lipinski definition) is 1. The van der Waals surface area contributed by atoms with Gasteiger partial charge in [0.25, 0.3) is 5.56 Å². The van der Waals surface area contributed by atoms with Crippen molar-refractivity contribution in [2.45, 2.75) is 37.3 Å². The minimum atomic E-state index is -0.916. The molecule has 2 fully saturated rings. The average Bonchev–Trinajstić information content (AvgIpc) is 3.25. The van der Waals surface area contributed by atoms with Gasteiger partial charge in [-0.1, -0.05) is 15.9 Å². The first-order chi connectivity index (χ1) is 11.4. The van der Waals surface area contributed by atoms with Crippen LogP contribution in [0.15, 0.2) is 27.6 Å². The number of likely N-dealkylation sites (tertiary alicyclic amines) is 1. The van der Waals surface area contributed by atoms with Gasteiger partial charge in [0.05, 0.1) is 17.6 Å². The van der Waals surface area contributed by atoms with Crippen molar-refractivity contribution in [3.8, 4) is 0 Å². The maximum Gasteiger partial charge on any atom is 0.407 e. The molecule has 6 nitrogen and oxygen atoms in total. The Morgan fingerprint density at radius 3 is 2.83 bits per heavy atom. The van der Waals surface area contributed by atoms with Crippen LogP contribution in [0.3, 0.4) is 0 Å². The topological polar surface area (TPSA) is 75.4 Å². The van der Waals surface area contributed by atoms with E-state index in [9.17, 15) is 19.1 Å².